The van der Waals surface area contributed by atoms with E-state index in [9.17, 15) is 4.79 Å². The molecule has 0 saturated carbocycles. The highest BCUT2D eigenvalue weighted by molar-refractivity contribution is 5.74. The number of hydrogen-bond acceptors (Lipinski definition) is 5. The van der Waals surface area contributed by atoms with Gasteiger partial charge in [0.15, 0.2) is 5.82 Å². The fourth-order valence-corrected chi connectivity index (χ4v) is 4.01. The smallest absolute Gasteiger partial charge is 0.220 e. The maximum Gasteiger partial charge on any atom is 0.220 e. The standard InChI is InChI=1S/C24H33N5O/c1-18(14-20-10-7-6-8-11-20)16-28(5)17-21-15-23(27(3)4)26-24(25-21)22-12-9-13-29(22)19(2)30/h6-8,10-11,14-15,22H,9,12-13,16-17H2,1-5H3/b18-14+. The van der Waals surface area contributed by atoms with Crippen molar-refractivity contribution in [2.45, 2.75) is 39.3 Å². The number of amides is 1. The van der Waals surface area contributed by atoms with E-state index in [1.54, 1.807) is 6.92 Å². The van der Waals surface area contributed by atoms with Gasteiger partial charge in [-0.15, -0.1) is 0 Å². The SMILES string of the molecule is CC(=O)N1CCCC1c1nc(CN(C)C/C(C)=C/c2ccccc2)cc(N(C)C)n1. The van der Waals surface area contributed by atoms with Crippen molar-refractivity contribution in [2.24, 2.45) is 0 Å². The number of hydrogen-bond donors (Lipinski definition) is 0. The maximum absolute atomic E-state index is 12.0. The van der Waals surface area contributed by atoms with E-state index >= 15 is 0 Å². The van der Waals surface area contributed by atoms with Crippen molar-refractivity contribution in [1.29, 1.82) is 0 Å². The number of benzene rings is 1. The third-order valence-corrected chi connectivity index (χ3v) is 5.36. The summed E-state index contributed by atoms with van der Waals surface area (Å²) in [5, 5.41) is 0. The second kappa shape index (κ2) is 9.85. The molecular formula is C24H33N5O. The van der Waals surface area contributed by atoms with Gasteiger partial charge in [-0.25, -0.2) is 9.97 Å². The van der Waals surface area contributed by atoms with Gasteiger partial charge in [0.25, 0.3) is 0 Å². The van der Waals surface area contributed by atoms with Crippen LogP contribution in [0.25, 0.3) is 6.08 Å². The quantitative estimate of drug-likeness (QED) is 0.699. The van der Waals surface area contributed by atoms with Gasteiger partial charge in [0.1, 0.15) is 5.82 Å². The van der Waals surface area contributed by atoms with Gasteiger partial charge in [-0.1, -0.05) is 42.0 Å². The topological polar surface area (TPSA) is 52.6 Å². The average molecular weight is 408 g/mol. The van der Waals surface area contributed by atoms with Crippen LogP contribution in [0.2, 0.25) is 0 Å². The summed E-state index contributed by atoms with van der Waals surface area (Å²) < 4.78 is 0. The van der Waals surface area contributed by atoms with Crippen molar-refractivity contribution in [3.63, 3.8) is 0 Å². The number of aromatic nitrogens is 2. The van der Waals surface area contributed by atoms with E-state index in [-0.39, 0.29) is 11.9 Å². The molecule has 0 N–H and O–H groups in total. The van der Waals surface area contributed by atoms with E-state index in [2.05, 4.69) is 49.2 Å². The molecule has 0 aliphatic carbocycles. The minimum absolute atomic E-state index is 0.0221. The summed E-state index contributed by atoms with van der Waals surface area (Å²) >= 11 is 0. The molecule has 1 aliphatic rings. The molecule has 1 fully saturated rings. The number of likely N-dealkylation sites (N-methyl/N-ethyl adjacent to an activating group) is 1. The molecule has 0 radical (unpaired) electrons. The normalized spacial score (nSPS) is 16.9. The van der Waals surface area contributed by atoms with Crippen LogP contribution in [-0.4, -0.2) is 59.9 Å². The highest BCUT2D eigenvalue weighted by Crippen LogP contribution is 2.31. The Morgan fingerprint density at radius 2 is 1.90 bits per heavy atom. The second-order valence-corrected chi connectivity index (χ2v) is 8.41. The zero-order chi connectivity index (χ0) is 21.7. The van der Waals surface area contributed by atoms with Crippen LogP contribution in [-0.2, 0) is 11.3 Å². The summed E-state index contributed by atoms with van der Waals surface area (Å²) in [5.41, 5.74) is 3.49. The highest BCUT2D eigenvalue weighted by Gasteiger charge is 2.30. The van der Waals surface area contributed by atoms with E-state index in [1.165, 1.54) is 11.1 Å². The lowest BCUT2D eigenvalue weighted by Gasteiger charge is -2.24. The van der Waals surface area contributed by atoms with Crippen LogP contribution in [0, 0.1) is 0 Å². The van der Waals surface area contributed by atoms with Gasteiger partial charge in [0, 0.05) is 46.7 Å². The largest absolute Gasteiger partial charge is 0.363 e. The number of carbonyl (C=O) groups excluding carboxylic acids is 1. The Labute approximate surface area is 180 Å². The van der Waals surface area contributed by atoms with Crippen molar-refractivity contribution in [3.05, 3.63) is 59.1 Å². The first-order chi connectivity index (χ1) is 14.3. The van der Waals surface area contributed by atoms with Crippen LogP contribution in [0.4, 0.5) is 5.82 Å². The Balaban J connectivity index is 1.77. The Bertz CT molecular complexity index is 894. The molecule has 1 aromatic heterocycles. The van der Waals surface area contributed by atoms with Crippen LogP contribution < -0.4 is 4.90 Å². The summed E-state index contributed by atoms with van der Waals surface area (Å²) in [7, 11) is 6.09. The molecule has 0 spiro atoms. The van der Waals surface area contributed by atoms with E-state index in [0.29, 0.717) is 0 Å². The van der Waals surface area contributed by atoms with Gasteiger partial charge in [0.05, 0.1) is 11.7 Å². The van der Waals surface area contributed by atoms with Crippen molar-refractivity contribution < 1.29 is 4.79 Å². The van der Waals surface area contributed by atoms with Crippen LogP contribution in [0.3, 0.4) is 0 Å². The molecule has 30 heavy (non-hydrogen) atoms. The van der Waals surface area contributed by atoms with Crippen molar-refractivity contribution in [1.82, 2.24) is 19.8 Å². The molecule has 3 rings (SSSR count). The first kappa shape index (κ1) is 22.0. The van der Waals surface area contributed by atoms with Crippen LogP contribution in [0.15, 0.2) is 42.0 Å². The first-order valence-corrected chi connectivity index (χ1v) is 10.6. The van der Waals surface area contributed by atoms with Crippen LogP contribution in [0.1, 0.15) is 49.8 Å². The lowest BCUT2D eigenvalue weighted by atomic mass is 10.1. The highest BCUT2D eigenvalue weighted by atomic mass is 16.2. The zero-order valence-electron chi connectivity index (χ0n) is 18.8. The summed E-state index contributed by atoms with van der Waals surface area (Å²) in [6.45, 7) is 6.15. The van der Waals surface area contributed by atoms with E-state index in [1.807, 2.05) is 36.0 Å². The molecule has 6 heteroatoms. The molecule has 6 nitrogen and oxygen atoms in total. The molecule has 2 heterocycles. The van der Waals surface area contributed by atoms with E-state index < -0.39 is 0 Å². The maximum atomic E-state index is 12.0. The van der Waals surface area contributed by atoms with Gasteiger partial charge in [-0.2, -0.15) is 0 Å². The first-order valence-electron chi connectivity index (χ1n) is 10.6. The Hall–Kier alpha value is -2.73. The molecule has 1 amide bonds. The minimum Gasteiger partial charge on any atom is -0.363 e. The molecule has 2 aromatic rings. The third kappa shape index (κ3) is 5.66. The van der Waals surface area contributed by atoms with Crippen LogP contribution >= 0.6 is 0 Å². The molecule has 160 valence electrons. The van der Waals surface area contributed by atoms with Gasteiger partial charge in [-0.3, -0.25) is 9.69 Å². The van der Waals surface area contributed by atoms with E-state index in [0.717, 1.165) is 49.8 Å². The predicted octanol–water partition coefficient (Wildman–Crippen LogP) is 3.76. The number of rotatable bonds is 7. The molecule has 0 bridgehead atoms. The number of nitrogens with zero attached hydrogens (tertiary/aromatic N) is 5. The summed E-state index contributed by atoms with van der Waals surface area (Å²) in [4.78, 5) is 27.8. The zero-order valence-corrected chi connectivity index (χ0v) is 18.8. The second-order valence-electron chi connectivity index (χ2n) is 8.41. The van der Waals surface area contributed by atoms with Crippen molar-refractivity contribution in [3.8, 4) is 0 Å². The van der Waals surface area contributed by atoms with Crippen molar-refractivity contribution >= 4 is 17.8 Å². The molecule has 1 unspecified atom stereocenters. The Kier molecular flexibility index (Phi) is 7.21. The monoisotopic (exact) mass is 407 g/mol. The summed E-state index contributed by atoms with van der Waals surface area (Å²) in [5.74, 6) is 1.74. The summed E-state index contributed by atoms with van der Waals surface area (Å²) in [6.07, 6.45) is 4.14. The molecule has 1 aromatic carbocycles. The molecule has 1 saturated heterocycles. The number of carbonyl (C=O) groups is 1. The van der Waals surface area contributed by atoms with Gasteiger partial charge >= 0.3 is 0 Å². The minimum atomic E-state index is -0.0221. The lowest BCUT2D eigenvalue weighted by Crippen LogP contribution is -2.30. The predicted molar refractivity (Wildman–Crippen MR) is 122 cm³/mol. The van der Waals surface area contributed by atoms with Gasteiger partial charge in [-0.05, 0) is 32.4 Å². The molecule has 1 atom stereocenters. The molecule has 1 aliphatic heterocycles. The fourth-order valence-electron chi connectivity index (χ4n) is 4.01. The van der Waals surface area contributed by atoms with E-state index in [4.69, 9.17) is 9.97 Å². The Morgan fingerprint density at radius 1 is 1.17 bits per heavy atom. The van der Waals surface area contributed by atoms with Gasteiger partial charge < -0.3 is 9.80 Å². The average Bonchev–Trinajstić information content (AvgIpc) is 3.18. The lowest BCUT2D eigenvalue weighted by molar-refractivity contribution is -0.129. The number of anilines is 1. The Morgan fingerprint density at radius 3 is 2.57 bits per heavy atom. The summed E-state index contributed by atoms with van der Waals surface area (Å²) in [6, 6.07) is 12.4. The number of likely N-dealkylation sites (tertiary alicyclic amines) is 1. The van der Waals surface area contributed by atoms with Crippen LogP contribution in [0.5, 0.6) is 0 Å². The van der Waals surface area contributed by atoms with Crippen molar-refractivity contribution in [2.75, 3.05) is 39.1 Å². The fraction of sp³-hybridized carbons (Fsp3) is 0.458. The van der Waals surface area contributed by atoms with Gasteiger partial charge in [0.2, 0.25) is 5.91 Å². The third-order valence-electron chi connectivity index (χ3n) is 5.36. The molecular weight excluding hydrogens is 374 g/mol.